The monoisotopic (exact) mass is 348 g/mol. The molecule has 0 atom stereocenters. The van der Waals surface area contributed by atoms with Gasteiger partial charge in [0.05, 0.1) is 17.0 Å². The second-order valence-electron chi connectivity index (χ2n) is 6.79. The van der Waals surface area contributed by atoms with E-state index in [-0.39, 0.29) is 17.9 Å². The molecule has 132 valence electrons. The Labute approximate surface area is 152 Å². The van der Waals surface area contributed by atoms with E-state index in [1.165, 1.54) is 0 Å². The first-order valence-corrected chi connectivity index (χ1v) is 8.62. The first-order chi connectivity index (χ1) is 12.5. The predicted molar refractivity (Wildman–Crippen MR) is 97.2 cm³/mol. The number of amides is 1. The van der Waals surface area contributed by atoms with Gasteiger partial charge in [0.15, 0.2) is 0 Å². The molecule has 0 aliphatic heterocycles. The molecule has 26 heavy (non-hydrogen) atoms. The number of hydrogen-bond acceptors (Lipinski definition) is 3. The Morgan fingerprint density at radius 1 is 1.12 bits per heavy atom. The van der Waals surface area contributed by atoms with E-state index in [1.807, 2.05) is 30.3 Å². The SMILES string of the molecule is N#CC1(CC(=O)NCc2cccc(-c3cccc(C(=O)O)c3)c2)CCC1. The minimum atomic E-state index is -0.960. The molecule has 2 aromatic rings. The van der Waals surface area contributed by atoms with Crippen molar-refractivity contribution in [2.75, 3.05) is 0 Å². The maximum atomic E-state index is 12.1. The van der Waals surface area contributed by atoms with Gasteiger partial charge in [-0.25, -0.2) is 4.79 Å². The lowest BCUT2D eigenvalue weighted by Crippen LogP contribution is -2.35. The number of benzene rings is 2. The van der Waals surface area contributed by atoms with Crippen molar-refractivity contribution < 1.29 is 14.7 Å². The van der Waals surface area contributed by atoms with Crippen LogP contribution in [0.2, 0.25) is 0 Å². The normalized spacial score (nSPS) is 14.7. The van der Waals surface area contributed by atoms with Crippen molar-refractivity contribution in [1.82, 2.24) is 5.32 Å². The molecule has 2 N–H and O–H groups in total. The minimum absolute atomic E-state index is 0.107. The molecule has 5 heteroatoms. The summed E-state index contributed by atoms with van der Waals surface area (Å²) in [6.45, 7) is 0.382. The van der Waals surface area contributed by atoms with Gasteiger partial charge in [-0.3, -0.25) is 4.79 Å². The average Bonchev–Trinajstić information content (AvgIpc) is 2.63. The van der Waals surface area contributed by atoms with Crippen LogP contribution in [0.25, 0.3) is 11.1 Å². The Balaban J connectivity index is 1.66. The molecule has 0 radical (unpaired) electrons. The molecule has 0 unspecified atom stereocenters. The van der Waals surface area contributed by atoms with Gasteiger partial charge in [0, 0.05) is 13.0 Å². The van der Waals surface area contributed by atoms with Gasteiger partial charge in [0.2, 0.25) is 5.91 Å². The van der Waals surface area contributed by atoms with Crippen molar-refractivity contribution in [1.29, 1.82) is 5.26 Å². The lowest BCUT2D eigenvalue weighted by Gasteiger charge is -2.34. The van der Waals surface area contributed by atoms with E-state index in [4.69, 9.17) is 5.11 Å². The Morgan fingerprint density at radius 3 is 2.42 bits per heavy atom. The zero-order valence-electron chi connectivity index (χ0n) is 14.4. The number of carbonyl (C=O) groups is 2. The molecular formula is C21H20N2O3. The van der Waals surface area contributed by atoms with Crippen LogP contribution in [0.4, 0.5) is 0 Å². The van der Waals surface area contributed by atoms with Crippen LogP contribution in [0.3, 0.4) is 0 Å². The van der Waals surface area contributed by atoms with E-state index in [1.54, 1.807) is 18.2 Å². The van der Waals surface area contributed by atoms with Crippen molar-refractivity contribution in [2.45, 2.75) is 32.2 Å². The highest BCUT2D eigenvalue weighted by molar-refractivity contribution is 5.89. The number of carboxylic acids is 1. The molecule has 1 aliphatic rings. The van der Waals surface area contributed by atoms with Crippen LogP contribution in [0, 0.1) is 16.7 Å². The quantitative estimate of drug-likeness (QED) is 0.832. The van der Waals surface area contributed by atoms with Gasteiger partial charge in [0.1, 0.15) is 0 Å². The van der Waals surface area contributed by atoms with Gasteiger partial charge < -0.3 is 10.4 Å². The van der Waals surface area contributed by atoms with Gasteiger partial charge in [-0.2, -0.15) is 5.26 Å². The lowest BCUT2D eigenvalue weighted by molar-refractivity contribution is -0.123. The fourth-order valence-corrected chi connectivity index (χ4v) is 3.19. The van der Waals surface area contributed by atoms with Crippen LogP contribution in [0.15, 0.2) is 48.5 Å². The average molecular weight is 348 g/mol. The number of aromatic carboxylic acids is 1. The fourth-order valence-electron chi connectivity index (χ4n) is 3.19. The van der Waals surface area contributed by atoms with Crippen molar-refractivity contribution in [2.24, 2.45) is 5.41 Å². The zero-order valence-corrected chi connectivity index (χ0v) is 14.4. The molecule has 1 fully saturated rings. The highest BCUT2D eigenvalue weighted by Gasteiger charge is 2.39. The van der Waals surface area contributed by atoms with Crippen molar-refractivity contribution >= 4 is 11.9 Å². The summed E-state index contributed by atoms with van der Waals surface area (Å²) in [6, 6.07) is 16.7. The van der Waals surface area contributed by atoms with E-state index >= 15 is 0 Å². The summed E-state index contributed by atoms with van der Waals surface area (Å²) < 4.78 is 0. The van der Waals surface area contributed by atoms with E-state index in [2.05, 4.69) is 11.4 Å². The summed E-state index contributed by atoms with van der Waals surface area (Å²) >= 11 is 0. The van der Waals surface area contributed by atoms with Gasteiger partial charge in [-0.1, -0.05) is 36.8 Å². The Kier molecular flexibility index (Phi) is 5.04. The first-order valence-electron chi connectivity index (χ1n) is 8.62. The minimum Gasteiger partial charge on any atom is -0.478 e. The van der Waals surface area contributed by atoms with Crippen LogP contribution >= 0.6 is 0 Å². The van der Waals surface area contributed by atoms with Crippen LogP contribution < -0.4 is 5.32 Å². The molecule has 1 amide bonds. The molecule has 5 nitrogen and oxygen atoms in total. The summed E-state index contributed by atoms with van der Waals surface area (Å²) in [6.07, 6.45) is 2.86. The largest absolute Gasteiger partial charge is 0.478 e. The molecule has 2 aromatic carbocycles. The molecule has 1 aliphatic carbocycles. The maximum absolute atomic E-state index is 12.1. The molecule has 0 heterocycles. The summed E-state index contributed by atoms with van der Waals surface area (Å²) in [5.74, 6) is -1.07. The van der Waals surface area contributed by atoms with E-state index in [0.29, 0.717) is 6.54 Å². The number of nitrogens with zero attached hydrogens (tertiary/aromatic N) is 1. The van der Waals surface area contributed by atoms with E-state index in [0.717, 1.165) is 36.0 Å². The number of nitriles is 1. The maximum Gasteiger partial charge on any atom is 0.335 e. The van der Waals surface area contributed by atoms with Crippen LogP contribution in [0.1, 0.15) is 41.6 Å². The predicted octanol–water partition coefficient (Wildman–Crippen LogP) is 3.75. The highest BCUT2D eigenvalue weighted by atomic mass is 16.4. The summed E-state index contributed by atoms with van der Waals surface area (Å²) in [5.41, 5.74) is 2.41. The standard InChI is InChI=1S/C21H20N2O3/c22-14-21(8-3-9-21)12-19(24)23-13-15-4-1-5-16(10-15)17-6-2-7-18(11-17)20(25)26/h1-2,4-7,10-11H,3,8-9,12-13H2,(H,23,24)(H,25,26). The van der Waals surface area contributed by atoms with Crippen molar-refractivity contribution in [3.05, 3.63) is 59.7 Å². The molecule has 0 spiro atoms. The number of carboxylic acid groups (broad SMARTS) is 1. The van der Waals surface area contributed by atoms with Gasteiger partial charge >= 0.3 is 5.97 Å². The van der Waals surface area contributed by atoms with Crippen molar-refractivity contribution in [3.63, 3.8) is 0 Å². The van der Waals surface area contributed by atoms with Gasteiger partial charge in [-0.05, 0) is 47.7 Å². The third-order valence-electron chi connectivity index (χ3n) is 4.91. The van der Waals surface area contributed by atoms with Crippen LogP contribution in [-0.2, 0) is 11.3 Å². The fraction of sp³-hybridized carbons (Fsp3) is 0.286. The zero-order chi connectivity index (χ0) is 18.6. The molecule has 0 aromatic heterocycles. The topological polar surface area (TPSA) is 90.2 Å². The molecule has 0 bridgehead atoms. The molecular weight excluding hydrogens is 328 g/mol. The molecule has 1 saturated carbocycles. The first kappa shape index (κ1) is 17.7. The third-order valence-corrected chi connectivity index (χ3v) is 4.91. The molecule has 3 rings (SSSR count). The number of hydrogen-bond donors (Lipinski definition) is 2. The van der Waals surface area contributed by atoms with Crippen molar-refractivity contribution in [3.8, 4) is 17.2 Å². The number of carbonyl (C=O) groups excluding carboxylic acids is 1. The Hall–Kier alpha value is -3.13. The van der Waals surface area contributed by atoms with Gasteiger partial charge in [0.25, 0.3) is 0 Å². The smallest absolute Gasteiger partial charge is 0.335 e. The van der Waals surface area contributed by atoms with Crippen LogP contribution in [-0.4, -0.2) is 17.0 Å². The highest BCUT2D eigenvalue weighted by Crippen LogP contribution is 2.43. The third kappa shape index (κ3) is 3.92. The Bertz CT molecular complexity index is 879. The lowest BCUT2D eigenvalue weighted by atomic mass is 9.68. The molecule has 0 saturated heterocycles. The summed E-state index contributed by atoms with van der Waals surface area (Å²) in [7, 11) is 0. The van der Waals surface area contributed by atoms with Crippen LogP contribution in [0.5, 0.6) is 0 Å². The van der Waals surface area contributed by atoms with E-state index < -0.39 is 11.4 Å². The van der Waals surface area contributed by atoms with Gasteiger partial charge in [-0.15, -0.1) is 0 Å². The Morgan fingerprint density at radius 2 is 1.81 bits per heavy atom. The van der Waals surface area contributed by atoms with E-state index in [9.17, 15) is 14.9 Å². The second-order valence-corrected chi connectivity index (χ2v) is 6.79. The number of nitrogens with one attached hydrogen (secondary N) is 1. The number of rotatable bonds is 6. The second kappa shape index (κ2) is 7.40. The summed E-state index contributed by atoms with van der Waals surface area (Å²) in [5, 5.41) is 21.2. The summed E-state index contributed by atoms with van der Waals surface area (Å²) in [4.78, 5) is 23.3.